The third kappa shape index (κ3) is 2.48. The second-order valence-electron chi connectivity index (χ2n) is 3.54. The molecule has 0 aromatic heterocycles. The molecule has 12 heavy (non-hydrogen) atoms. The maximum Gasteiger partial charge on any atom is 0.322 e. The Labute approximate surface area is 73.5 Å². The van der Waals surface area contributed by atoms with E-state index in [1.165, 1.54) is 20.0 Å². The van der Waals surface area contributed by atoms with Gasteiger partial charge in [-0.1, -0.05) is 0 Å². The number of ether oxygens (including phenoxy) is 1. The fraction of sp³-hybridized carbons (Fsp3) is 0.889. The lowest BCUT2D eigenvalue weighted by atomic mass is 10.2. The second kappa shape index (κ2) is 3.90. The van der Waals surface area contributed by atoms with E-state index in [2.05, 4.69) is 17.0 Å². The molecule has 0 spiro atoms. The smallest absolute Gasteiger partial charge is 0.322 e. The molecule has 2 atom stereocenters. The Morgan fingerprint density at radius 2 is 2.08 bits per heavy atom. The van der Waals surface area contributed by atoms with Gasteiger partial charge in [-0.15, -0.1) is 0 Å². The van der Waals surface area contributed by atoms with Gasteiger partial charge in [0.2, 0.25) is 0 Å². The standard InChI is InChI=1S/C9H17NO2/c1-6(8-4-5-8)10-7(2)9(11)12-3/h6-8,10H,4-5H2,1-3H3. The fourth-order valence-corrected chi connectivity index (χ4v) is 1.37. The van der Waals surface area contributed by atoms with Crippen LogP contribution in [-0.4, -0.2) is 25.2 Å². The number of nitrogens with one attached hydrogen (secondary N) is 1. The molecule has 0 saturated heterocycles. The molecule has 0 aliphatic heterocycles. The van der Waals surface area contributed by atoms with Crippen molar-refractivity contribution in [1.82, 2.24) is 5.32 Å². The van der Waals surface area contributed by atoms with Gasteiger partial charge in [0.25, 0.3) is 0 Å². The summed E-state index contributed by atoms with van der Waals surface area (Å²) in [6.45, 7) is 3.96. The van der Waals surface area contributed by atoms with Crippen molar-refractivity contribution in [3.8, 4) is 0 Å². The number of carbonyl (C=O) groups excluding carboxylic acids is 1. The molecule has 0 amide bonds. The summed E-state index contributed by atoms with van der Waals surface area (Å²) in [7, 11) is 1.42. The lowest BCUT2D eigenvalue weighted by molar-refractivity contribution is -0.142. The zero-order chi connectivity index (χ0) is 9.14. The number of rotatable bonds is 4. The quantitative estimate of drug-likeness (QED) is 0.640. The molecule has 0 aromatic rings. The van der Waals surface area contributed by atoms with Crippen molar-refractivity contribution in [2.24, 2.45) is 5.92 Å². The van der Waals surface area contributed by atoms with E-state index in [1.807, 2.05) is 6.92 Å². The summed E-state index contributed by atoms with van der Waals surface area (Å²) in [6.07, 6.45) is 2.59. The van der Waals surface area contributed by atoms with Crippen molar-refractivity contribution in [2.75, 3.05) is 7.11 Å². The number of esters is 1. The molecule has 1 aliphatic carbocycles. The average Bonchev–Trinajstić information content (AvgIpc) is 2.84. The average molecular weight is 171 g/mol. The van der Waals surface area contributed by atoms with E-state index in [9.17, 15) is 4.79 Å². The van der Waals surface area contributed by atoms with Gasteiger partial charge in [0.05, 0.1) is 7.11 Å². The summed E-state index contributed by atoms with van der Waals surface area (Å²) in [6, 6.07) is 0.268. The molecule has 2 unspecified atom stereocenters. The Kier molecular flexibility index (Phi) is 3.09. The van der Waals surface area contributed by atoms with Gasteiger partial charge in [-0.05, 0) is 32.6 Å². The van der Waals surface area contributed by atoms with Crippen LogP contribution in [0.25, 0.3) is 0 Å². The van der Waals surface area contributed by atoms with E-state index in [0.717, 1.165) is 5.92 Å². The van der Waals surface area contributed by atoms with Crippen LogP contribution in [0, 0.1) is 5.92 Å². The highest BCUT2D eigenvalue weighted by atomic mass is 16.5. The molecule has 0 aromatic carbocycles. The van der Waals surface area contributed by atoms with Crippen molar-refractivity contribution in [3.63, 3.8) is 0 Å². The Balaban J connectivity index is 2.23. The van der Waals surface area contributed by atoms with Crippen molar-refractivity contribution in [1.29, 1.82) is 0 Å². The minimum Gasteiger partial charge on any atom is -0.468 e. The predicted molar refractivity (Wildman–Crippen MR) is 46.8 cm³/mol. The predicted octanol–water partition coefficient (Wildman–Crippen LogP) is 0.936. The SMILES string of the molecule is COC(=O)C(C)NC(C)C1CC1. The summed E-state index contributed by atoms with van der Waals surface area (Å²) in [5.74, 6) is 0.597. The second-order valence-corrected chi connectivity index (χ2v) is 3.54. The van der Waals surface area contributed by atoms with E-state index in [0.29, 0.717) is 6.04 Å². The van der Waals surface area contributed by atoms with Crippen molar-refractivity contribution < 1.29 is 9.53 Å². The summed E-state index contributed by atoms with van der Waals surface area (Å²) in [5, 5.41) is 3.22. The van der Waals surface area contributed by atoms with E-state index < -0.39 is 0 Å². The third-order valence-electron chi connectivity index (χ3n) is 2.40. The first kappa shape index (κ1) is 9.52. The highest BCUT2D eigenvalue weighted by Gasteiger charge is 2.29. The molecule has 0 bridgehead atoms. The summed E-state index contributed by atoms with van der Waals surface area (Å²) in [4.78, 5) is 11.0. The van der Waals surface area contributed by atoms with Crippen LogP contribution in [0.15, 0.2) is 0 Å². The fourth-order valence-electron chi connectivity index (χ4n) is 1.37. The lowest BCUT2D eigenvalue weighted by Gasteiger charge is -2.17. The van der Waals surface area contributed by atoms with Crippen LogP contribution in [-0.2, 0) is 9.53 Å². The van der Waals surface area contributed by atoms with Gasteiger partial charge < -0.3 is 10.1 Å². The van der Waals surface area contributed by atoms with E-state index >= 15 is 0 Å². The molecule has 1 N–H and O–H groups in total. The number of methoxy groups -OCH3 is 1. The van der Waals surface area contributed by atoms with Crippen molar-refractivity contribution >= 4 is 5.97 Å². The monoisotopic (exact) mass is 171 g/mol. The summed E-state index contributed by atoms with van der Waals surface area (Å²) in [5.41, 5.74) is 0. The van der Waals surface area contributed by atoms with Crippen LogP contribution in [0.5, 0.6) is 0 Å². The Bertz CT molecular complexity index is 166. The van der Waals surface area contributed by atoms with Gasteiger partial charge in [-0.3, -0.25) is 4.79 Å². The molecule has 1 saturated carbocycles. The molecular weight excluding hydrogens is 154 g/mol. The van der Waals surface area contributed by atoms with Gasteiger partial charge in [-0.2, -0.15) is 0 Å². The van der Waals surface area contributed by atoms with Crippen LogP contribution >= 0.6 is 0 Å². The maximum absolute atomic E-state index is 11.0. The van der Waals surface area contributed by atoms with Crippen LogP contribution in [0.2, 0.25) is 0 Å². The number of hydrogen-bond acceptors (Lipinski definition) is 3. The Morgan fingerprint density at radius 1 is 1.50 bits per heavy atom. The highest BCUT2D eigenvalue weighted by molar-refractivity contribution is 5.75. The molecule has 70 valence electrons. The maximum atomic E-state index is 11.0. The van der Waals surface area contributed by atoms with Gasteiger partial charge in [0.15, 0.2) is 0 Å². The third-order valence-corrected chi connectivity index (χ3v) is 2.40. The molecule has 0 radical (unpaired) electrons. The zero-order valence-corrected chi connectivity index (χ0v) is 7.96. The number of carbonyl (C=O) groups is 1. The van der Waals surface area contributed by atoms with Crippen LogP contribution in [0.1, 0.15) is 26.7 Å². The Hall–Kier alpha value is -0.570. The number of hydrogen-bond donors (Lipinski definition) is 1. The largest absolute Gasteiger partial charge is 0.468 e. The molecule has 1 aliphatic rings. The lowest BCUT2D eigenvalue weighted by Crippen LogP contribution is -2.41. The first-order valence-corrected chi connectivity index (χ1v) is 4.49. The molecule has 3 nitrogen and oxygen atoms in total. The van der Waals surface area contributed by atoms with Crippen molar-refractivity contribution in [2.45, 2.75) is 38.8 Å². The summed E-state index contributed by atoms with van der Waals surface area (Å²) < 4.78 is 4.61. The minimum absolute atomic E-state index is 0.175. The van der Waals surface area contributed by atoms with E-state index in [4.69, 9.17) is 0 Å². The molecule has 1 fully saturated rings. The van der Waals surface area contributed by atoms with Crippen LogP contribution in [0.4, 0.5) is 0 Å². The first-order valence-electron chi connectivity index (χ1n) is 4.49. The minimum atomic E-state index is -0.178. The molecular formula is C9H17NO2. The summed E-state index contributed by atoms with van der Waals surface area (Å²) >= 11 is 0. The first-order chi connectivity index (χ1) is 5.65. The van der Waals surface area contributed by atoms with Gasteiger partial charge in [0.1, 0.15) is 6.04 Å². The van der Waals surface area contributed by atoms with Gasteiger partial charge in [-0.25, -0.2) is 0 Å². The van der Waals surface area contributed by atoms with Crippen LogP contribution in [0.3, 0.4) is 0 Å². The van der Waals surface area contributed by atoms with E-state index in [-0.39, 0.29) is 12.0 Å². The normalized spacial score (nSPS) is 21.6. The molecule has 0 heterocycles. The molecule has 1 rings (SSSR count). The van der Waals surface area contributed by atoms with Crippen LogP contribution < -0.4 is 5.32 Å². The zero-order valence-electron chi connectivity index (χ0n) is 7.96. The van der Waals surface area contributed by atoms with Crippen molar-refractivity contribution in [3.05, 3.63) is 0 Å². The topological polar surface area (TPSA) is 38.3 Å². The highest BCUT2D eigenvalue weighted by Crippen LogP contribution is 2.32. The Morgan fingerprint density at radius 3 is 2.50 bits per heavy atom. The van der Waals surface area contributed by atoms with E-state index in [1.54, 1.807) is 0 Å². The van der Waals surface area contributed by atoms with Gasteiger partial charge >= 0.3 is 5.97 Å². The molecule has 3 heteroatoms. The van der Waals surface area contributed by atoms with Gasteiger partial charge in [0, 0.05) is 6.04 Å².